The minimum atomic E-state index is -0.493. The zero-order valence-corrected chi connectivity index (χ0v) is 17.5. The van der Waals surface area contributed by atoms with Crippen molar-refractivity contribution in [3.63, 3.8) is 0 Å². The first-order chi connectivity index (χ1) is 14.5. The molecule has 0 spiro atoms. The van der Waals surface area contributed by atoms with Gasteiger partial charge in [-0.2, -0.15) is 5.10 Å². The third-order valence-corrected chi connectivity index (χ3v) is 5.73. The Hall–Kier alpha value is -3.41. The SMILES string of the molecule is COc1ccc([C@H]2CCCN2C(=O)C(=O)c2c(C)nn(-c3ccccc3)c2C)cc1. The number of nitrogens with zero attached hydrogens (tertiary/aromatic N) is 3. The number of ether oxygens (including phenoxy) is 1. The van der Waals surface area contributed by atoms with Crippen molar-refractivity contribution >= 4 is 11.7 Å². The van der Waals surface area contributed by atoms with Crippen molar-refractivity contribution in [2.75, 3.05) is 13.7 Å². The summed E-state index contributed by atoms with van der Waals surface area (Å²) in [7, 11) is 1.62. The molecule has 30 heavy (non-hydrogen) atoms. The van der Waals surface area contributed by atoms with E-state index in [4.69, 9.17) is 4.74 Å². The molecule has 0 aliphatic carbocycles. The van der Waals surface area contributed by atoms with Gasteiger partial charge >= 0.3 is 0 Å². The standard InChI is InChI=1S/C24H25N3O3/c1-16-22(17(2)27(25-16)19-8-5-4-6-9-19)23(28)24(29)26-15-7-10-21(26)18-11-13-20(30-3)14-12-18/h4-6,8-9,11-14,21H,7,10,15H2,1-3H3/t21-/m1/s1. The maximum absolute atomic E-state index is 13.2. The van der Waals surface area contributed by atoms with Crippen molar-refractivity contribution in [3.05, 3.63) is 77.1 Å². The van der Waals surface area contributed by atoms with Gasteiger partial charge in [-0.1, -0.05) is 30.3 Å². The molecule has 154 valence electrons. The predicted octanol–water partition coefficient (Wildman–Crippen LogP) is 4.04. The van der Waals surface area contributed by atoms with Crippen LogP contribution in [0, 0.1) is 13.8 Å². The number of Topliss-reactive ketones (excluding diaryl/α,β-unsaturated/α-hetero) is 1. The van der Waals surface area contributed by atoms with Crippen molar-refractivity contribution in [3.8, 4) is 11.4 Å². The monoisotopic (exact) mass is 403 g/mol. The normalized spacial score (nSPS) is 16.0. The van der Waals surface area contributed by atoms with Crippen LogP contribution >= 0.6 is 0 Å². The van der Waals surface area contributed by atoms with E-state index >= 15 is 0 Å². The molecule has 1 aliphatic heterocycles. The Morgan fingerprint density at radius 3 is 2.40 bits per heavy atom. The second-order valence-electron chi connectivity index (χ2n) is 7.55. The van der Waals surface area contributed by atoms with Gasteiger partial charge in [0.25, 0.3) is 11.7 Å². The topological polar surface area (TPSA) is 64.4 Å². The fourth-order valence-electron chi connectivity index (χ4n) is 4.21. The number of likely N-dealkylation sites (tertiary alicyclic amines) is 1. The molecule has 3 aromatic rings. The van der Waals surface area contributed by atoms with Gasteiger partial charge in [0.1, 0.15) is 5.75 Å². The summed E-state index contributed by atoms with van der Waals surface area (Å²) in [5, 5.41) is 4.52. The zero-order chi connectivity index (χ0) is 21.3. The fourth-order valence-corrected chi connectivity index (χ4v) is 4.21. The molecule has 6 heteroatoms. The molecule has 0 unspecified atom stereocenters. The number of aryl methyl sites for hydroxylation is 1. The molecular weight excluding hydrogens is 378 g/mol. The highest BCUT2D eigenvalue weighted by molar-refractivity contribution is 6.43. The predicted molar refractivity (Wildman–Crippen MR) is 114 cm³/mol. The van der Waals surface area contributed by atoms with Crippen LogP contribution in [0.5, 0.6) is 5.75 Å². The summed E-state index contributed by atoms with van der Waals surface area (Å²) >= 11 is 0. The van der Waals surface area contributed by atoms with Crippen LogP contribution in [-0.2, 0) is 4.79 Å². The minimum Gasteiger partial charge on any atom is -0.497 e. The van der Waals surface area contributed by atoms with Crippen LogP contribution in [0.25, 0.3) is 5.69 Å². The van der Waals surface area contributed by atoms with Crippen LogP contribution in [0.4, 0.5) is 0 Å². The molecule has 0 radical (unpaired) electrons. The number of carbonyl (C=O) groups is 2. The second-order valence-corrected chi connectivity index (χ2v) is 7.55. The molecule has 4 rings (SSSR count). The number of para-hydroxylation sites is 1. The largest absolute Gasteiger partial charge is 0.497 e. The summed E-state index contributed by atoms with van der Waals surface area (Å²) in [5.74, 6) is -0.190. The van der Waals surface area contributed by atoms with Crippen LogP contribution in [0.1, 0.15) is 46.2 Å². The van der Waals surface area contributed by atoms with Crippen LogP contribution in [0.3, 0.4) is 0 Å². The van der Waals surface area contributed by atoms with Gasteiger partial charge < -0.3 is 9.64 Å². The maximum Gasteiger partial charge on any atom is 0.295 e. The number of hydrogen-bond acceptors (Lipinski definition) is 4. The highest BCUT2D eigenvalue weighted by Crippen LogP contribution is 2.33. The number of hydrogen-bond donors (Lipinski definition) is 0. The van der Waals surface area contributed by atoms with E-state index in [2.05, 4.69) is 5.10 Å². The number of benzene rings is 2. The van der Waals surface area contributed by atoms with E-state index in [1.807, 2.05) is 61.5 Å². The number of methoxy groups -OCH3 is 1. The van der Waals surface area contributed by atoms with Gasteiger partial charge in [0.05, 0.1) is 35.8 Å². The fraction of sp³-hybridized carbons (Fsp3) is 0.292. The molecule has 1 aliphatic rings. The van der Waals surface area contributed by atoms with Crippen LogP contribution < -0.4 is 4.74 Å². The highest BCUT2D eigenvalue weighted by atomic mass is 16.5. The summed E-state index contributed by atoms with van der Waals surface area (Å²) in [5.41, 5.74) is 3.51. The van der Waals surface area contributed by atoms with E-state index in [-0.39, 0.29) is 6.04 Å². The number of rotatable bonds is 5. The Kier molecular flexibility index (Phi) is 5.40. The molecule has 1 fully saturated rings. The third kappa shape index (κ3) is 3.49. The minimum absolute atomic E-state index is 0.0999. The molecule has 1 saturated heterocycles. The lowest BCUT2D eigenvalue weighted by Gasteiger charge is -2.24. The van der Waals surface area contributed by atoms with Crippen molar-refractivity contribution in [1.29, 1.82) is 0 Å². The number of ketones is 1. The second kappa shape index (κ2) is 8.14. The summed E-state index contributed by atoms with van der Waals surface area (Å²) in [4.78, 5) is 28.1. The Balaban J connectivity index is 1.62. The Morgan fingerprint density at radius 1 is 1.03 bits per heavy atom. The van der Waals surface area contributed by atoms with Gasteiger partial charge in [-0.05, 0) is 56.5 Å². The lowest BCUT2D eigenvalue weighted by atomic mass is 10.0. The van der Waals surface area contributed by atoms with Gasteiger partial charge in [0.15, 0.2) is 0 Å². The molecule has 2 aromatic carbocycles. The average Bonchev–Trinajstić information content (AvgIpc) is 3.38. The van der Waals surface area contributed by atoms with Gasteiger partial charge in [-0.3, -0.25) is 9.59 Å². The molecule has 0 N–H and O–H groups in total. The van der Waals surface area contributed by atoms with E-state index in [0.29, 0.717) is 23.5 Å². The summed E-state index contributed by atoms with van der Waals surface area (Å²) in [6.45, 7) is 4.18. The van der Waals surface area contributed by atoms with Crippen LogP contribution in [0.15, 0.2) is 54.6 Å². The number of amides is 1. The summed E-state index contributed by atoms with van der Waals surface area (Å²) < 4.78 is 6.95. The Morgan fingerprint density at radius 2 is 1.73 bits per heavy atom. The molecule has 0 bridgehead atoms. The summed E-state index contributed by atoms with van der Waals surface area (Å²) in [6, 6.07) is 17.2. The maximum atomic E-state index is 13.2. The third-order valence-electron chi connectivity index (χ3n) is 5.73. The van der Waals surface area contributed by atoms with Gasteiger partial charge in [0, 0.05) is 6.54 Å². The van der Waals surface area contributed by atoms with Crippen molar-refractivity contribution in [2.24, 2.45) is 0 Å². The van der Waals surface area contributed by atoms with E-state index in [1.165, 1.54) is 0 Å². The van der Waals surface area contributed by atoms with Crippen molar-refractivity contribution in [2.45, 2.75) is 32.7 Å². The lowest BCUT2D eigenvalue weighted by Crippen LogP contribution is -2.36. The van der Waals surface area contributed by atoms with E-state index in [9.17, 15) is 9.59 Å². The van der Waals surface area contributed by atoms with Gasteiger partial charge in [0.2, 0.25) is 0 Å². The quantitative estimate of drug-likeness (QED) is 0.476. The first-order valence-corrected chi connectivity index (χ1v) is 10.1. The molecule has 0 saturated carbocycles. The molecule has 1 atom stereocenters. The van der Waals surface area contributed by atoms with Gasteiger partial charge in [-0.15, -0.1) is 0 Å². The average molecular weight is 403 g/mol. The van der Waals surface area contributed by atoms with Crippen molar-refractivity contribution < 1.29 is 14.3 Å². The van der Waals surface area contributed by atoms with Gasteiger partial charge in [-0.25, -0.2) is 4.68 Å². The molecule has 1 aromatic heterocycles. The Bertz CT molecular complexity index is 1070. The van der Waals surface area contributed by atoms with E-state index in [1.54, 1.807) is 23.6 Å². The first-order valence-electron chi connectivity index (χ1n) is 10.1. The first kappa shape index (κ1) is 19.9. The van der Waals surface area contributed by atoms with E-state index < -0.39 is 11.7 Å². The van der Waals surface area contributed by atoms with Crippen LogP contribution in [-0.4, -0.2) is 40.0 Å². The summed E-state index contributed by atoms with van der Waals surface area (Å²) in [6.07, 6.45) is 1.71. The number of carbonyl (C=O) groups excluding carboxylic acids is 2. The van der Waals surface area contributed by atoms with Crippen LogP contribution in [0.2, 0.25) is 0 Å². The zero-order valence-electron chi connectivity index (χ0n) is 17.5. The lowest BCUT2D eigenvalue weighted by molar-refractivity contribution is -0.127. The molecule has 2 heterocycles. The smallest absolute Gasteiger partial charge is 0.295 e. The van der Waals surface area contributed by atoms with Crippen molar-refractivity contribution in [1.82, 2.24) is 14.7 Å². The highest BCUT2D eigenvalue weighted by Gasteiger charge is 2.36. The number of aromatic nitrogens is 2. The molecule has 6 nitrogen and oxygen atoms in total. The van der Waals surface area contributed by atoms with E-state index in [0.717, 1.165) is 29.8 Å². The molecular formula is C24H25N3O3. The Labute approximate surface area is 176 Å². The molecule has 1 amide bonds.